The molecule has 0 aliphatic heterocycles. The van der Waals surface area contributed by atoms with Crippen LogP contribution in [-0.2, 0) is 7.05 Å². The minimum absolute atomic E-state index is 0.0856. The number of allylic oxidation sites excluding steroid dienone is 2. The second-order valence-electron chi connectivity index (χ2n) is 6.54. The van der Waals surface area contributed by atoms with E-state index in [0.717, 1.165) is 22.9 Å². The number of aliphatic hydroxyl groups is 1. The van der Waals surface area contributed by atoms with E-state index < -0.39 is 5.60 Å². The van der Waals surface area contributed by atoms with E-state index in [9.17, 15) is 9.90 Å². The van der Waals surface area contributed by atoms with Crippen molar-refractivity contribution < 1.29 is 9.84 Å². The lowest BCUT2D eigenvalue weighted by molar-refractivity contribution is 0.133. The van der Waals surface area contributed by atoms with Crippen LogP contribution in [0.15, 0.2) is 58.9 Å². The van der Waals surface area contributed by atoms with Crippen molar-refractivity contribution in [3.05, 3.63) is 64.5 Å². The molecule has 1 aromatic carbocycles. The van der Waals surface area contributed by atoms with Gasteiger partial charge in [-0.1, -0.05) is 29.9 Å². The second-order valence-corrected chi connectivity index (χ2v) is 6.54. The zero-order valence-electron chi connectivity index (χ0n) is 14.7. The van der Waals surface area contributed by atoms with Crippen molar-refractivity contribution in [2.75, 3.05) is 6.61 Å². The van der Waals surface area contributed by atoms with E-state index in [1.807, 2.05) is 43.3 Å². The number of hydrogen-bond donors (Lipinski definition) is 1. The Bertz CT molecular complexity index is 823. The number of aryl methyl sites for hydroxylation is 1. The molecule has 0 aliphatic rings. The lowest BCUT2D eigenvalue weighted by Crippen LogP contribution is -2.16. The highest BCUT2D eigenvalue weighted by atomic mass is 16.5. The molecule has 4 heteroatoms. The predicted molar refractivity (Wildman–Crippen MR) is 98.5 cm³/mol. The molecule has 0 bridgehead atoms. The summed E-state index contributed by atoms with van der Waals surface area (Å²) in [7, 11) is 1.76. The fourth-order valence-corrected chi connectivity index (χ4v) is 2.39. The Hall–Kier alpha value is -2.33. The summed E-state index contributed by atoms with van der Waals surface area (Å²) in [5.74, 6) is 0.602. The summed E-state index contributed by atoms with van der Waals surface area (Å²) in [6, 6.07) is 9.23. The number of pyridine rings is 1. The van der Waals surface area contributed by atoms with Gasteiger partial charge in [0.15, 0.2) is 0 Å². The molecule has 4 nitrogen and oxygen atoms in total. The summed E-state index contributed by atoms with van der Waals surface area (Å²) in [6.07, 6.45) is 6.46. The highest BCUT2D eigenvalue weighted by Crippen LogP contribution is 2.23. The molecule has 0 unspecified atom stereocenters. The number of benzene rings is 1. The lowest BCUT2D eigenvalue weighted by Gasteiger charge is -2.11. The summed E-state index contributed by atoms with van der Waals surface area (Å²) in [5, 5.41) is 10.6. The van der Waals surface area contributed by atoms with Gasteiger partial charge in [-0.2, -0.15) is 0 Å². The largest absolute Gasteiger partial charge is 0.489 e. The van der Waals surface area contributed by atoms with Gasteiger partial charge in [-0.15, -0.1) is 0 Å². The molecule has 1 heterocycles. The van der Waals surface area contributed by atoms with E-state index in [2.05, 4.69) is 0 Å². The topological polar surface area (TPSA) is 51.5 Å². The molecule has 128 valence electrons. The van der Waals surface area contributed by atoms with Gasteiger partial charge in [-0.25, -0.2) is 0 Å². The average molecular weight is 327 g/mol. The van der Waals surface area contributed by atoms with Crippen LogP contribution in [0.1, 0.15) is 27.2 Å². The van der Waals surface area contributed by atoms with Crippen LogP contribution in [0.25, 0.3) is 10.9 Å². The normalized spacial score (nSPS) is 13.0. The zero-order chi connectivity index (χ0) is 17.7. The molecule has 2 aromatic rings. The summed E-state index contributed by atoms with van der Waals surface area (Å²) >= 11 is 0. The van der Waals surface area contributed by atoms with Gasteiger partial charge in [-0.05, 0) is 45.4 Å². The number of nitrogens with zero attached hydrogens (tertiary/aromatic N) is 1. The molecule has 0 amide bonds. The van der Waals surface area contributed by atoms with Crippen molar-refractivity contribution in [2.24, 2.45) is 7.05 Å². The molecular formula is C20H25NO3. The molecular weight excluding hydrogens is 302 g/mol. The first-order chi connectivity index (χ1) is 11.3. The Kier molecular flexibility index (Phi) is 5.62. The lowest BCUT2D eigenvalue weighted by atomic mass is 10.1. The molecule has 0 fully saturated rings. The van der Waals surface area contributed by atoms with Crippen LogP contribution >= 0.6 is 0 Å². The maximum Gasteiger partial charge on any atom is 0.254 e. The van der Waals surface area contributed by atoms with Gasteiger partial charge in [0.25, 0.3) is 5.56 Å². The first-order valence-corrected chi connectivity index (χ1v) is 8.05. The van der Waals surface area contributed by atoms with Crippen molar-refractivity contribution in [2.45, 2.75) is 32.8 Å². The van der Waals surface area contributed by atoms with Gasteiger partial charge in [-0.3, -0.25) is 4.79 Å². The van der Waals surface area contributed by atoms with Gasteiger partial charge >= 0.3 is 0 Å². The highest BCUT2D eigenvalue weighted by molar-refractivity contribution is 5.85. The molecule has 0 spiro atoms. The SMILES string of the molecule is C/C(=C\COc1cc(=O)n(C)c2ccccc12)C/C=C/C(C)(C)O. The van der Waals surface area contributed by atoms with Crippen LogP contribution in [0.4, 0.5) is 0 Å². The predicted octanol–water partition coefficient (Wildman–Crippen LogP) is 3.58. The van der Waals surface area contributed by atoms with Crippen molar-refractivity contribution in [3.63, 3.8) is 0 Å². The Morgan fingerprint density at radius 1 is 1.33 bits per heavy atom. The maximum atomic E-state index is 12.0. The fraction of sp³-hybridized carbons (Fsp3) is 0.350. The van der Waals surface area contributed by atoms with Crippen LogP contribution in [0.2, 0.25) is 0 Å². The molecule has 0 aliphatic carbocycles. The summed E-state index contributed by atoms with van der Waals surface area (Å²) < 4.78 is 7.43. The standard InChI is InChI=1S/C20H25NO3/c1-15(8-7-12-20(2,3)23)11-13-24-18-14-19(22)21(4)17-10-6-5-9-16(17)18/h5-7,9-12,14,23H,8,13H2,1-4H3/b12-7+,15-11+. The van der Waals surface area contributed by atoms with E-state index in [-0.39, 0.29) is 5.56 Å². The third-order valence-electron chi connectivity index (χ3n) is 3.75. The maximum absolute atomic E-state index is 12.0. The average Bonchev–Trinajstić information content (AvgIpc) is 2.51. The molecule has 0 saturated heterocycles. The Morgan fingerprint density at radius 3 is 2.75 bits per heavy atom. The minimum Gasteiger partial charge on any atom is -0.489 e. The molecule has 1 N–H and O–H groups in total. The Labute approximate surface area is 142 Å². The second kappa shape index (κ2) is 7.49. The van der Waals surface area contributed by atoms with Gasteiger partial charge in [0.2, 0.25) is 0 Å². The van der Waals surface area contributed by atoms with Crippen LogP contribution < -0.4 is 10.3 Å². The van der Waals surface area contributed by atoms with Crippen molar-refractivity contribution in [1.29, 1.82) is 0 Å². The van der Waals surface area contributed by atoms with E-state index in [4.69, 9.17) is 4.74 Å². The molecule has 0 atom stereocenters. The fourth-order valence-electron chi connectivity index (χ4n) is 2.39. The van der Waals surface area contributed by atoms with Crippen LogP contribution in [0, 0.1) is 0 Å². The van der Waals surface area contributed by atoms with Crippen LogP contribution in [-0.4, -0.2) is 21.9 Å². The van der Waals surface area contributed by atoms with E-state index in [1.54, 1.807) is 31.5 Å². The van der Waals surface area contributed by atoms with Crippen molar-refractivity contribution >= 4 is 10.9 Å². The van der Waals surface area contributed by atoms with Gasteiger partial charge in [0.05, 0.1) is 11.1 Å². The number of aromatic nitrogens is 1. The molecule has 24 heavy (non-hydrogen) atoms. The highest BCUT2D eigenvalue weighted by Gasteiger charge is 2.07. The number of hydrogen-bond acceptors (Lipinski definition) is 3. The summed E-state index contributed by atoms with van der Waals surface area (Å²) in [5.41, 5.74) is 1.12. The molecule has 0 radical (unpaired) electrons. The molecule has 2 rings (SSSR count). The van der Waals surface area contributed by atoms with Crippen molar-refractivity contribution in [3.8, 4) is 5.75 Å². The Balaban J connectivity index is 2.09. The minimum atomic E-state index is -0.792. The third-order valence-corrected chi connectivity index (χ3v) is 3.75. The Morgan fingerprint density at radius 2 is 2.04 bits per heavy atom. The summed E-state index contributed by atoms with van der Waals surface area (Å²) in [6.45, 7) is 5.90. The third kappa shape index (κ3) is 4.83. The summed E-state index contributed by atoms with van der Waals surface area (Å²) in [4.78, 5) is 12.0. The van der Waals surface area contributed by atoms with E-state index >= 15 is 0 Å². The number of para-hydroxylation sites is 1. The van der Waals surface area contributed by atoms with E-state index in [1.165, 1.54) is 6.07 Å². The number of ether oxygens (including phenoxy) is 1. The monoisotopic (exact) mass is 327 g/mol. The number of rotatable bonds is 6. The van der Waals surface area contributed by atoms with Crippen LogP contribution in [0.5, 0.6) is 5.75 Å². The smallest absolute Gasteiger partial charge is 0.254 e. The van der Waals surface area contributed by atoms with Gasteiger partial charge in [0, 0.05) is 18.5 Å². The van der Waals surface area contributed by atoms with Gasteiger partial charge < -0.3 is 14.4 Å². The first-order valence-electron chi connectivity index (χ1n) is 8.05. The van der Waals surface area contributed by atoms with Gasteiger partial charge in [0.1, 0.15) is 12.4 Å². The number of fused-ring (bicyclic) bond motifs is 1. The molecule has 1 aromatic heterocycles. The quantitative estimate of drug-likeness (QED) is 0.825. The van der Waals surface area contributed by atoms with E-state index in [0.29, 0.717) is 12.4 Å². The molecule has 0 saturated carbocycles. The van der Waals surface area contributed by atoms with Crippen LogP contribution in [0.3, 0.4) is 0 Å². The van der Waals surface area contributed by atoms with Crippen molar-refractivity contribution in [1.82, 2.24) is 4.57 Å². The zero-order valence-corrected chi connectivity index (χ0v) is 14.7. The first kappa shape index (κ1) is 18.0.